The number of rotatable bonds is 6. The van der Waals surface area contributed by atoms with Crippen LogP contribution >= 0.6 is 0 Å². The largest absolute Gasteiger partial charge is 0.356 e. The summed E-state index contributed by atoms with van der Waals surface area (Å²) in [6, 6.07) is 11.0. The Kier molecular flexibility index (Phi) is 5.01. The molecule has 1 amide bonds. The van der Waals surface area contributed by atoms with E-state index in [0.29, 0.717) is 18.4 Å². The lowest BCUT2D eigenvalue weighted by Crippen LogP contribution is -2.33. The normalized spacial score (nSPS) is 18.8. The highest BCUT2D eigenvalue weighted by molar-refractivity contribution is 5.80. The number of fused-ring (bicyclic) bond motifs is 1. The van der Waals surface area contributed by atoms with Gasteiger partial charge in [0.2, 0.25) is 5.91 Å². The Morgan fingerprint density at radius 2 is 2.13 bits per heavy atom. The van der Waals surface area contributed by atoms with Crippen molar-refractivity contribution in [2.45, 2.75) is 39.3 Å². The summed E-state index contributed by atoms with van der Waals surface area (Å²) >= 11 is 0. The van der Waals surface area contributed by atoms with Gasteiger partial charge in [-0.05, 0) is 50.2 Å². The van der Waals surface area contributed by atoms with Crippen molar-refractivity contribution in [2.75, 3.05) is 19.6 Å². The van der Waals surface area contributed by atoms with E-state index < -0.39 is 0 Å². The van der Waals surface area contributed by atoms with Gasteiger partial charge in [0.25, 0.3) is 0 Å². The van der Waals surface area contributed by atoms with Crippen molar-refractivity contribution in [3.05, 3.63) is 36.5 Å². The summed E-state index contributed by atoms with van der Waals surface area (Å²) in [7, 11) is 0. The second-order valence-electron chi connectivity index (χ2n) is 6.87. The molecule has 1 aliphatic heterocycles. The third-order valence-electron chi connectivity index (χ3n) is 4.90. The number of aromatic nitrogens is 1. The number of hydrogen-bond donors (Lipinski definition) is 1. The van der Waals surface area contributed by atoms with Crippen LogP contribution in [0.15, 0.2) is 36.5 Å². The van der Waals surface area contributed by atoms with E-state index in [1.54, 1.807) is 0 Å². The Morgan fingerprint density at radius 1 is 1.30 bits per heavy atom. The smallest absolute Gasteiger partial charge is 0.221 e. The number of nitrogens with zero attached hydrogens (tertiary/aromatic N) is 2. The fraction of sp³-hybridized carbons (Fsp3) is 0.526. The van der Waals surface area contributed by atoms with E-state index in [2.05, 4.69) is 53.0 Å². The fourth-order valence-corrected chi connectivity index (χ4v) is 3.40. The van der Waals surface area contributed by atoms with Crippen LogP contribution in [0.1, 0.15) is 26.7 Å². The maximum Gasteiger partial charge on any atom is 0.221 e. The molecule has 1 N–H and O–H groups in total. The number of amides is 1. The van der Waals surface area contributed by atoms with Crippen LogP contribution in [0.3, 0.4) is 0 Å². The number of carbonyl (C=O) groups is 1. The zero-order chi connectivity index (χ0) is 16.2. The molecular weight excluding hydrogens is 286 g/mol. The molecule has 0 saturated carbocycles. The number of hydrogen-bond acceptors (Lipinski definition) is 2. The van der Waals surface area contributed by atoms with E-state index in [-0.39, 0.29) is 5.91 Å². The molecule has 1 atom stereocenters. The number of nitrogens with one attached hydrogen (secondary N) is 1. The third kappa shape index (κ3) is 3.94. The molecule has 2 heterocycles. The van der Waals surface area contributed by atoms with Gasteiger partial charge in [-0.2, -0.15) is 0 Å². The van der Waals surface area contributed by atoms with E-state index in [1.165, 1.54) is 17.3 Å². The SMILES string of the molecule is CC(C)N1CC[C@H](CNC(=O)CCn2ccc3ccccc32)C1. The lowest BCUT2D eigenvalue weighted by atomic mass is 10.1. The predicted molar refractivity (Wildman–Crippen MR) is 94.4 cm³/mol. The van der Waals surface area contributed by atoms with Crippen molar-refractivity contribution in [2.24, 2.45) is 5.92 Å². The number of carbonyl (C=O) groups excluding carboxylic acids is 1. The van der Waals surface area contributed by atoms with Gasteiger partial charge in [0.1, 0.15) is 0 Å². The minimum Gasteiger partial charge on any atom is -0.356 e. The minimum atomic E-state index is 0.158. The van der Waals surface area contributed by atoms with Crippen molar-refractivity contribution < 1.29 is 4.79 Å². The fourth-order valence-electron chi connectivity index (χ4n) is 3.40. The lowest BCUT2D eigenvalue weighted by Gasteiger charge is -2.20. The van der Waals surface area contributed by atoms with E-state index in [4.69, 9.17) is 0 Å². The molecule has 4 nitrogen and oxygen atoms in total. The summed E-state index contributed by atoms with van der Waals surface area (Å²) in [5.41, 5.74) is 1.20. The molecule has 2 aromatic rings. The molecule has 0 aliphatic carbocycles. The maximum atomic E-state index is 12.1. The minimum absolute atomic E-state index is 0.158. The van der Waals surface area contributed by atoms with E-state index in [1.807, 2.05) is 12.1 Å². The van der Waals surface area contributed by atoms with Gasteiger partial charge in [-0.1, -0.05) is 18.2 Å². The van der Waals surface area contributed by atoms with Crippen molar-refractivity contribution in [1.29, 1.82) is 0 Å². The van der Waals surface area contributed by atoms with Crippen molar-refractivity contribution in [1.82, 2.24) is 14.8 Å². The van der Waals surface area contributed by atoms with E-state index in [9.17, 15) is 4.79 Å². The summed E-state index contributed by atoms with van der Waals surface area (Å²) in [5, 5.41) is 4.34. The summed E-state index contributed by atoms with van der Waals surface area (Å²) in [4.78, 5) is 14.6. The second-order valence-corrected chi connectivity index (χ2v) is 6.87. The van der Waals surface area contributed by atoms with E-state index >= 15 is 0 Å². The molecule has 0 unspecified atom stereocenters. The van der Waals surface area contributed by atoms with Crippen LogP contribution in [0.4, 0.5) is 0 Å². The van der Waals surface area contributed by atoms with Gasteiger partial charge in [0, 0.05) is 43.8 Å². The topological polar surface area (TPSA) is 37.3 Å². The number of aryl methyl sites for hydroxylation is 1. The van der Waals surface area contributed by atoms with Gasteiger partial charge >= 0.3 is 0 Å². The molecule has 0 spiro atoms. The summed E-state index contributed by atoms with van der Waals surface area (Å²) in [6.45, 7) is 8.30. The summed E-state index contributed by atoms with van der Waals surface area (Å²) in [6.07, 6.45) is 3.80. The quantitative estimate of drug-likeness (QED) is 0.890. The van der Waals surface area contributed by atoms with Gasteiger partial charge in [-0.3, -0.25) is 4.79 Å². The van der Waals surface area contributed by atoms with Gasteiger partial charge in [0.15, 0.2) is 0 Å². The Balaban J connectivity index is 1.43. The highest BCUT2D eigenvalue weighted by Gasteiger charge is 2.24. The Labute approximate surface area is 138 Å². The van der Waals surface area contributed by atoms with Crippen LogP contribution in [0, 0.1) is 5.92 Å². The molecule has 1 aromatic heterocycles. The standard InChI is InChI=1S/C19H27N3O/c1-15(2)22-10-7-16(14-22)13-20-19(23)9-12-21-11-8-17-5-3-4-6-18(17)21/h3-6,8,11,15-16H,7,9-10,12-14H2,1-2H3,(H,20,23)/t16-/m1/s1. The van der Waals surface area contributed by atoms with Crippen LogP contribution in [0.2, 0.25) is 0 Å². The average Bonchev–Trinajstić information content (AvgIpc) is 3.18. The zero-order valence-corrected chi connectivity index (χ0v) is 14.2. The molecule has 23 heavy (non-hydrogen) atoms. The molecule has 1 fully saturated rings. The zero-order valence-electron chi connectivity index (χ0n) is 14.2. The molecule has 3 rings (SSSR count). The molecule has 1 saturated heterocycles. The first-order valence-corrected chi connectivity index (χ1v) is 8.68. The Hall–Kier alpha value is -1.81. The first-order chi connectivity index (χ1) is 11.1. The molecule has 1 aliphatic rings. The van der Waals surface area contributed by atoms with Gasteiger partial charge in [-0.25, -0.2) is 0 Å². The van der Waals surface area contributed by atoms with E-state index in [0.717, 1.165) is 26.2 Å². The summed E-state index contributed by atoms with van der Waals surface area (Å²) in [5.74, 6) is 0.763. The average molecular weight is 313 g/mol. The molecule has 0 bridgehead atoms. The van der Waals surface area contributed by atoms with Gasteiger partial charge in [0.05, 0.1) is 0 Å². The maximum absolute atomic E-state index is 12.1. The predicted octanol–water partition coefficient (Wildman–Crippen LogP) is 2.88. The number of para-hydroxylation sites is 1. The van der Waals surface area contributed by atoms with Crippen molar-refractivity contribution >= 4 is 16.8 Å². The first kappa shape index (κ1) is 16.1. The van der Waals surface area contributed by atoms with Crippen LogP contribution in [0.25, 0.3) is 10.9 Å². The monoisotopic (exact) mass is 313 g/mol. The van der Waals surface area contributed by atoms with Gasteiger partial charge in [-0.15, -0.1) is 0 Å². The molecule has 4 heteroatoms. The first-order valence-electron chi connectivity index (χ1n) is 8.68. The molecule has 0 radical (unpaired) electrons. The highest BCUT2D eigenvalue weighted by Crippen LogP contribution is 2.18. The second kappa shape index (κ2) is 7.18. The Bertz CT molecular complexity index is 661. The number of benzene rings is 1. The lowest BCUT2D eigenvalue weighted by molar-refractivity contribution is -0.121. The van der Waals surface area contributed by atoms with Crippen LogP contribution in [-0.4, -0.2) is 41.1 Å². The van der Waals surface area contributed by atoms with Crippen molar-refractivity contribution in [3.63, 3.8) is 0 Å². The molecule has 124 valence electrons. The van der Waals surface area contributed by atoms with Crippen molar-refractivity contribution in [3.8, 4) is 0 Å². The third-order valence-corrected chi connectivity index (χ3v) is 4.90. The van der Waals surface area contributed by atoms with Gasteiger partial charge < -0.3 is 14.8 Å². The van der Waals surface area contributed by atoms with Crippen LogP contribution < -0.4 is 5.32 Å². The number of likely N-dealkylation sites (tertiary alicyclic amines) is 1. The molecular formula is C19H27N3O. The Morgan fingerprint density at radius 3 is 2.91 bits per heavy atom. The highest BCUT2D eigenvalue weighted by atomic mass is 16.1. The van der Waals surface area contributed by atoms with Crippen LogP contribution in [-0.2, 0) is 11.3 Å². The van der Waals surface area contributed by atoms with Crippen LogP contribution in [0.5, 0.6) is 0 Å². The summed E-state index contributed by atoms with van der Waals surface area (Å²) < 4.78 is 2.16. The molecule has 1 aromatic carbocycles.